The summed E-state index contributed by atoms with van der Waals surface area (Å²) in [6, 6.07) is 8.43. The number of aryl methyl sites for hydroxylation is 2. The Bertz CT molecular complexity index is 1120. The summed E-state index contributed by atoms with van der Waals surface area (Å²) in [7, 11) is 2.82. The van der Waals surface area contributed by atoms with Crippen molar-refractivity contribution in [1.29, 1.82) is 0 Å². The second-order valence-electron chi connectivity index (χ2n) is 7.96. The summed E-state index contributed by atoms with van der Waals surface area (Å²) in [6.45, 7) is 3.22. The minimum absolute atomic E-state index is 0.0897. The Morgan fingerprint density at radius 3 is 2.26 bits per heavy atom. The number of halogens is 1. The van der Waals surface area contributed by atoms with E-state index >= 15 is 0 Å². The fourth-order valence-corrected chi connectivity index (χ4v) is 3.93. The lowest BCUT2D eigenvalue weighted by Gasteiger charge is -2.19. The van der Waals surface area contributed by atoms with Gasteiger partial charge in [0.15, 0.2) is 6.61 Å². The normalized spacial score (nSPS) is 14.9. The zero-order valence-electron chi connectivity index (χ0n) is 19.8. The molecule has 10 nitrogen and oxygen atoms in total. The maximum absolute atomic E-state index is 12.8. The van der Waals surface area contributed by atoms with Crippen LogP contribution in [0, 0.1) is 19.8 Å². The number of nitrogens with one attached hydrogen (secondary N) is 2. The van der Waals surface area contributed by atoms with Crippen molar-refractivity contribution in [2.45, 2.75) is 20.3 Å². The van der Waals surface area contributed by atoms with Crippen LogP contribution in [0.25, 0.3) is 0 Å². The zero-order valence-corrected chi connectivity index (χ0v) is 21.4. The number of anilines is 1. The monoisotopic (exact) mass is 547 g/mol. The molecule has 1 saturated heterocycles. The number of methoxy groups -OCH3 is 2. The number of carbonyl (C=O) groups excluding carboxylic acids is 4. The maximum Gasteiger partial charge on any atom is 0.311 e. The van der Waals surface area contributed by atoms with E-state index in [0.29, 0.717) is 5.69 Å². The van der Waals surface area contributed by atoms with Crippen LogP contribution >= 0.6 is 15.9 Å². The SMILES string of the molecule is COc1cccc(OC)c1C(=O)NN1C[C@@H](C(=O)OCC(=O)Nc2cc(C)c(Br)c(C)c2)CC1=O. The van der Waals surface area contributed by atoms with E-state index in [1.165, 1.54) is 14.2 Å². The summed E-state index contributed by atoms with van der Waals surface area (Å²) in [6.07, 6.45) is -0.158. The Kier molecular flexibility index (Phi) is 8.34. The first-order valence-corrected chi connectivity index (χ1v) is 11.5. The van der Waals surface area contributed by atoms with Crippen LogP contribution in [0.3, 0.4) is 0 Å². The molecule has 1 atom stereocenters. The Hall–Kier alpha value is -3.60. The zero-order chi connectivity index (χ0) is 25.7. The molecule has 0 radical (unpaired) electrons. The van der Waals surface area contributed by atoms with E-state index in [1.807, 2.05) is 13.8 Å². The molecule has 186 valence electrons. The topological polar surface area (TPSA) is 123 Å². The van der Waals surface area contributed by atoms with Gasteiger partial charge in [-0.1, -0.05) is 22.0 Å². The molecule has 2 N–H and O–H groups in total. The van der Waals surface area contributed by atoms with Gasteiger partial charge in [0, 0.05) is 16.6 Å². The van der Waals surface area contributed by atoms with Gasteiger partial charge < -0.3 is 19.5 Å². The first kappa shape index (κ1) is 26.0. The highest BCUT2D eigenvalue weighted by Gasteiger charge is 2.37. The van der Waals surface area contributed by atoms with Gasteiger partial charge >= 0.3 is 5.97 Å². The highest BCUT2D eigenvalue weighted by atomic mass is 79.9. The highest BCUT2D eigenvalue weighted by molar-refractivity contribution is 9.10. The quantitative estimate of drug-likeness (QED) is 0.487. The van der Waals surface area contributed by atoms with Crippen molar-refractivity contribution < 1.29 is 33.4 Å². The Labute approximate surface area is 211 Å². The van der Waals surface area contributed by atoms with Gasteiger partial charge in [0.2, 0.25) is 5.91 Å². The second-order valence-corrected chi connectivity index (χ2v) is 8.76. The number of hydrogen-bond donors (Lipinski definition) is 2. The summed E-state index contributed by atoms with van der Waals surface area (Å²) >= 11 is 3.47. The number of hydrazine groups is 1. The van der Waals surface area contributed by atoms with Crippen LogP contribution in [0.4, 0.5) is 5.69 Å². The third kappa shape index (κ3) is 6.10. The standard InChI is InChI=1S/C24H26BrN3O7/c1-13-8-16(9-14(2)22(13)25)26-19(29)12-35-24(32)15-10-20(30)28(11-15)27-23(31)21-17(33-3)6-5-7-18(21)34-4/h5-9,15H,10-12H2,1-4H3,(H,26,29)(H,27,31)/t15-/m0/s1. The van der Waals surface area contributed by atoms with Crippen LogP contribution in [0.2, 0.25) is 0 Å². The van der Waals surface area contributed by atoms with Gasteiger partial charge in [0.25, 0.3) is 11.8 Å². The number of esters is 1. The Morgan fingerprint density at radius 2 is 1.69 bits per heavy atom. The molecule has 1 heterocycles. The minimum atomic E-state index is -0.827. The lowest BCUT2D eigenvalue weighted by Crippen LogP contribution is -2.43. The molecular weight excluding hydrogens is 522 g/mol. The summed E-state index contributed by atoms with van der Waals surface area (Å²) in [5.74, 6) is -2.58. The largest absolute Gasteiger partial charge is 0.496 e. The molecule has 0 bridgehead atoms. The molecule has 2 aromatic carbocycles. The number of benzene rings is 2. The molecule has 35 heavy (non-hydrogen) atoms. The number of hydrogen-bond acceptors (Lipinski definition) is 7. The fourth-order valence-electron chi connectivity index (χ4n) is 3.70. The van der Waals surface area contributed by atoms with Crippen LogP contribution < -0.4 is 20.2 Å². The predicted molar refractivity (Wildman–Crippen MR) is 130 cm³/mol. The predicted octanol–water partition coefficient (Wildman–Crippen LogP) is 2.76. The van der Waals surface area contributed by atoms with Crippen molar-refractivity contribution in [2.75, 3.05) is 32.7 Å². The van der Waals surface area contributed by atoms with Gasteiger partial charge in [-0.2, -0.15) is 0 Å². The molecule has 0 saturated carbocycles. The lowest BCUT2D eigenvalue weighted by atomic mass is 10.1. The van der Waals surface area contributed by atoms with Crippen molar-refractivity contribution >= 4 is 45.3 Å². The van der Waals surface area contributed by atoms with Crippen molar-refractivity contribution in [3.63, 3.8) is 0 Å². The molecule has 0 unspecified atom stereocenters. The third-order valence-corrected chi connectivity index (χ3v) is 6.67. The number of rotatable bonds is 8. The van der Waals surface area contributed by atoms with Gasteiger partial charge in [0.1, 0.15) is 17.1 Å². The molecule has 2 aromatic rings. The molecule has 1 aliphatic rings. The summed E-state index contributed by atoms with van der Waals surface area (Å²) < 4.78 is 16.5. The molecule has 0 aromatic heterocycles. The molecule has 0 spiro atoms. The number of nitrogens with zero attached hydrogens (tertiary/aromatic N) is 1. The average molecular weight is 548 g/mol. The van der Waals surface area contributed by atoms with E-state index in [1.54, 1.807) is 30.3 Å². The smallest absolute Gasteiger partial charge is 0.311 e. The molecule has 3 rings (SSSR count). The maximum atomic E-state index is 12.8. The fraction of sp³-hybridized carbons (Fsp3) is 0.333. The second kappa shape index (κ2) is 11.2. The molecule has 1 fully saturated rings. The molecule has 1 aliphatic heterocycles. The average Bonchev–Trinajstić information content (AvgIpc) is 3.20. The molecular formula is C24H26BrN3O7. The van der Waals surface area contributed by atoms with E-state index in [9.17, 15) is 19.2 Å². The van der Waals surface area contributed by atoms with E-state index in [2.05, 4.69) is 26.7 Å². The summed E-state index contributed by atoms with van der Waals surface area (Å²) in [4.78, 5) is 49.9. The van der Waals surface area contributed by atoms with Crippen molar-refractivity contribution in [3.05, 3.63) is 51.5 Å². The third-order valence-electron chi connectivity index (χ3n) is 5.42. The number of amides is 3. The first-order chi connectivity index (χ1) is 16.6. The van der Waals surface area contributed by atoms with Crippen molar-refractivity contribution in [1.82, 2.24) is 10.4 Å². The van der Waals surface area contributed by atoms with Gasteiger partial charge in [-0.15, -0.1) is 0 Å². The van der Waals surface area contributed by atoms with Crippen LogP contribution in [-0.2, 0) is 19.1 Å². The first-order valence-electron chi connectivity index (χ1n) is 10.7. The van der Waals surface area contributed by atoms with E-state index < -0.39 is 36.2 Å². The van der Waals surface area contributed by atoms with Crippen LogP contribution in [-0.4, -0.2) is 56.1 Å². The number of carbonyl (C=O) groups is 4. The van der Waals surface area contributed by atoms with Gasteiger partial charge in [-0.3, -0.25) is 29.6 Å². The summed E-state index contributed by atoms with van der Waals surface area (Å²) in [5, 5.41) is 3.73. The van der Waals surface area contributed by atoms with Crippen molar-refractivity contribution in [3.8, 4) is 11.5 Å². The Balaban J connectivity index is 1.55. The highest BCUT2D eigenvalue weighted by Crippen LogP contribution is 2.29. The molecule has 3 amide bonds. The van der Waals surface area contributed by atoms with Gasteiger partial charge in [-0.25, -0.2) is 0 Å². The van der Waals surface area contributed by atoms with Crippen LogP contribution in [0.15, 0.2) is 34.8 Å². The molecule has 11 heteroatoms. The van der Waals surface area contributed by atoms with Gasteiger partial charge in [-0.05, 0) is 49.2 Å². The van der Waals surface area contributed by atoms with Crippen LogP contribution in [0.5, 0.6) is 11.5 Å². The summed E-state index contributed by atoms with van der Waals surface area (Å²) in [5.41, 5.74) is 5.09. The van der Waals surface area contributed by atoms with Crippen molar-refractivity contribution in [2.24, 2.45) is 5.92 Å². The minimum Gasteiger partial charge on any atom is -0.496 e. The van der Waals surface area contributed by atoms with Crippen LogP contribution in [0.1, 0.15) is 27.9 Å². The Morgan fingerprint density at radius 1 is 1.09 bits per heavy atom. The van der Waals surface area contributed by atoms with E-state index in [0.717, 1.165) is 20.6 Å². The molecule has 0 aliphatic carbocycles. The van der Waals surface area contributed by atoms with Gasteiger partial charge in [0.05, 0.1) is 26.7 Å². The van der Waals surface area contributed by atoms with E-state index in [-0.39, 0.29) is 30.0 Å². The van der Waals surface area contributed by atoms with E-state index in [4.69, 9.17) is 14.2 Å². The lowest BCUT2D eigenvalue weighted by molar-refractivity contribution is -0.151. The number of ether oxygens (including phenoxy) is 3.